The van der Waals surface area contributed by atoms with Gasteiger partial charge in [-0.1, -0.05) is 111 Å². The van der Waals surface area contributed by atoms with E-state index in [-0.39, 0.29) is 53.6 Å². The van der Waals surface area contributed by atoms with Gasteiger partial charge in [0.2, 0.25) is 22.5 Å². The molecule has 139 heavy (non-hydrogen) atoms. The van der Waals surface area contributed by atoms with Gasteiger partial charge >= 0.3 is 0 Å². The van der Waals surface area contributed by atoms with Crippen LogP contribution in [0.3, 0.4) is 0 Å². The molecule has 34 nitrogen and oxygen atoms in total. The van der Waals surface area contributed by atoms with Gasteiger partial charge in [-0.3, -0.25) is 9.80 Å². The summed E-state index contributed by atoms with van der Waals surface area (Å²) in [6.45, 7) is 42.2. The van der Waals surface area contributed by atoms with Gasteiger partial charge in [-0.15, -0.1) is 0 Å². The van der Waals surface area contributed by atoms with Gasteiger partial charge in [0.25, 0.3) is 0 Å². The number of hydrogen-bond acceptors (Lipinski definition) is 34. The van der Waals surface area contributed by atoms with Crippen LogP contribution in [0.2, 0.25) is 15.7 Å². The molecule has 0 aliphatic rings. The molecule has 0 spiro atoms. The Balaban J connectivity index is 0.000000440. The van der Waals surface area contributed by atoms with E-state index in [1.54, 1.807) is 61.1 Å². The summed E-state index contributed by atoms with van der Waals surface area (Å²) in [5.41, 5.74) is 28.7. The lowest BCUT2D eigenvalue weighted by atomic mass is 9.96. The second kappa shape index (κ2) is 63.2. The number of halogens is 5. The number of anilines is 7. The highest BCUT2D eigenvalue weighted by molar-refractivity contribution is 6.35. The van der Waals surface area contributed by atoms with Crippen molar-refractivity contribution in [1.82, 2.24) is 69.6 Å². The smallest absolute Gasteiger partial charge is 0.225 e. The van der Waals surface area contributed by atoms with E-state index < -0.39 is 28.3 Å². The van der Waals surface area contributed by atoms with Crippen molar-refractivity contribution in [1.29, 1.82) is 0 Å². The zero-order valence-corrected chi connectivity index (χ0v) is 88.4. The molecule has 0 aliphatic heterocycles. The minimum absolute atomic E-state index is 0.00657. The lowest BCUT2D eigenvalue weighted by molar-refractivity contribution is 0.185. The topological polar surface area (TPSA) is 482 Å². The molecule has 3 aromatic carbocycles. The Morgan fingerprint density at radius 3 is 1.16 bits per heavy atom. The summed E-state index contributed by atoms with van der Waals surface area (Å²) < 4.78 is 57.8. The summed E-state index contributed by atoms with van der Waals surface area (Å²) in [5, 5.41) is 62.0. The number of nitrogen functional groups attached to an aromatic ring is 2. The van der Waals surface area contributed by atoms with Crippen LogP contribution in [0.4, 0.5) is 49.5 Å². The zero-order chi connectivity index (χ0) is 104. The van der Waals surface area contributed by atoms with Gasteiger partial charge in [0.05, 0.1) is 144 Å². The fraction of sp³-hybridized carbons (Fsp3) is 0.540. The molecule has 0 bridgehead atoms. The van der Waals surface area contributed by atoms with Crippen LogP contribution >= 0.6 is 34.8 Å². The first-order chi connectivity index (χ1) is 66.1. The van der Waals surface area contributed by atoms with Crippen LogP contribution in [0.5, 0.6) is 34.5 Å². The predicted molar refractivity (Wildman–Crippen MR) is 563 cm³/mol. The lowest BCUT2D eigenvalue weighted by Gasteiger charge is -2.29. The second-order valence-corrected chi connectivity index (χ2v) is 36.0. The fourth-order valence-electron chi connectivity index (χ4n) is 14.2. The van der Waals surface area contributed by atoms with Gasteiger partial charge in [0.1, 0.15) is 68.2 Å². The SMILES string of the molecule is CCCC[C@@](C)(N)CO.CCCC[C@](C)(CO)Nc1nc(Cl)nc2cc(F)cnc12.CCCC[C@](C)(CO)Nc1nc(N)nc2cc(N)cnc12.CCCC[C@](C)(CO)Nc1nc(NCc2ccc(OC)cc2OC)nc2cc(NCc3ccc(OC)cc3OC)cnc12.CCN(C(C)C)C(C)C.CCN(C(C)C)C(C)C.CO.COc1ccc(CN)c(OC)c1.Fc1cnc2c(Cl)nc(Cl)nc2c1. The molecular formula is C100H156Cl3F2N23O11. The summed E-state index contributed by atoms with van der Waals surface area (Å²) in [4.78, 5) is 55.1. The average Bonchev–Trinajstić information content (AvgIpc) is 0.772. The van der Waals surface area contributed by atoms with Gasteiger partial charge in [-0.2, -0.15) is 15.0 Å². The lowest BCUT2D eigenvalue weighted by Crippen LogP contribution is -2.39. The molecule has 8 heterocycles. The molecule has 8 aromatic heterocycles. The maximum Gasteiger partial charge on any atom is 0.225 e. The number of aliphatic hydroxyl groups is 5. The van der Waals surface area contributed by atoms with Crippen LogP contribution < -0.4 is 77.9 Å². The predicted octanol–water partition coefficient (Wildman–Crippen LogP) is 18.7. The number of nitrogens with two attached hydrogens (primary N) is 4. The molecule has 11 rings (SSSR count). The Kier molecular flexibility index (Phi) is 55.8. The highest BCUT2D eigenvalue weighted by Crippen LogP contribution is 2.34. The Hall–Kier alpha value is -10.6. The van der Waals surface area contributed by atoms with E-state index in [9.17, 15) is 24.1 Å². The highest BCUT2D eigenvalue weighted by Gasteiger charge is 2.29. The molecular weight excluding hydrogens is 1840 g/mol. The molecule has 0 aliphatic carbocycles. The summed E-state index contributed by atoms with van der Waals surface area (Å²) >= 11 is 17.1. The monoisotopic (exact) mass is 2000 g/mol. The van der Waals surface area contributed by atoms with Crippen LogP contribution in [-0.2, 0) is 19.6 Å². The number of unbranched alkanes of at least 4 members (excludes halogenated alkanes) is 4. The normalized spacial score (nSPS) is 12.6. The first-order valence-corrected chi connectivity index (χ1v) is 48.0. The van der Waals surface area contributed by atoms with Gasteiger partial charge in [0, 0.05) is 103 Å². The van der Waals surface area contributed by atoms with E-state index in [0.29, 0.717) is 129 Å². The molecule has 0 amide bonds. The molecule has 0 saturated carbocycles. The Morgan fingerprint density at radius 2 is 0.770 bits per heavy atom. The quantitative estimate of drug-likeness (QED) is 0.0125. The molecule has 0 saturated heterocycles. The molecule has 11 aromatic rings. The molecule has 0 radical (unpaired) electrons. The number of pyridine rings is 4. The first-order valence-electron chi connectivity index (χ1n) is 46.9. The summed E-state index contributed by atoms with van der Waals surface area (Å²) in [6.07, 6.45) is 17.0. The molecule has 0 fully saturated rings. The van der Waals surface area contributed by atoms with Crippen LogP contribution in [-0.4, -0.2) is 231 Å². The largest absolute Gasteiger partial charge is 0.497 e. The van der Waals surface area contributed by atoms with Crippen LogP contribution in [0.1, 0.15) is 218 Å². The van der Waals surface area contributed by atoms with Crippen LogP contribution in [0.25, 0.3) is 44.1 Å². The van der Waals surface area contributed by atoms with Gasteiger partial charge in [-0.05, 0) is 188 Å². The number of methoxy groups -OCH3 is 6. The summed E-state index contributed by atoms with van der Waals surface area (Å²) in [5.74, 6) is 5.47. The van der Waals surface area contributed by atoms with E-state index in [1.165, 1.54) is 12.1 Å². The van der Waals surface area contributed by atoms with Crippen molar-refractivity contribution in [3.63, 3.8) is 0 Å². The van der Waals surface area contributed by atoms with Crippen molar-refractivity contribution < 1.29 is 62.7 Å². The van der Waals surface area contributed by atoms with Crippen molar-refractivity contribution in [2.75, 3.05) is 127 Å². The third kappa shape index (κ3) is 41.6. The van der Waals surface area contributed by atoms with Gasteiger partial charge in [-0.25, -0.2) is 53.6 Å². The van der Waals surface area contributed by atoms with Crippen LogP contribution in [0, 0.1) is 11.6 Å². The van der Waals surface area contributed by atoms with E-state index in [1.807, 2.05) is 88.4 Å². The van der Waals surface area contributed by atoms with E-state index in [2.05, 4.69) is 178 Å². The Morgan fingerprint density at radius 1 is 0.410 bits per heavy atom. The average molecular weight is 2000 g/mol. The maximum absolute atomic E-state index is 13.2. The molecule has 39 heteroatoms. The van der Waals surface area contributed by atoms with Crippen LogP contribution in [0.15, 0.2) is 104 Å². The summed E-state index contributed by atoms with van der Waals surface area (Å²) in [6, 6.07) is 25.8. The number of aliphatic hydroxyl groups excluding tert-OH is 5. The maximum atomic E-state index is 13.2. The van der Waals surface area contributed by atoms with Crippen molar-refractivity contribution in [3.05, 3.63) is 148 Å². The van der Waals surface area contributed by atoms with Crippen molar-refractivity contribution in [3.8, 4) is 34.5 Å². The Bertz CT molecular complexity index is 5260. The number of hydrogen-bond donors (Lipinski definition) is 14. The van der Waals surface area contributed by atoms with Crippen molar-refractivity contribution >= 4 is 120 Å². The minimum Gasteiger partial charge on any atom is -0.497 e. The standard InChI is InChI=1S/C32H42N6O5.C14H18ClFN4O.C14H22N6O.C9H13NO2.2C8H19N.C7H2Cl2FN3.C7H17NO.CH4O/c1-7-8-13-32(2,20-39)38-30-29-26(36-31(37-30)35-18-22-10-12-25(41-4)16-28(22)43-6)14-23(19-34-29)33-17-21-9-11-24(40-3)15-27(21)42-5;1-3-4-5-14(2,8-21)20-12-11-10(18-13(15)19-12)6-9(16)7-17-11;1-3-4-5-14(2,8-21)20-12-11-10(18-13(16)19-12)6-9(15)7-17-11;1-11-8-4-3-7(6-10)9(5-8)12-2;2*1-6-9(7(2)3)8(4)5;8-6-5-4(12-7(9)13-6)1-3(10)2-11-5;1-3-4-5-7(2,8)6-9;1-2/h9-12,14-16,19,33,39H,7-8,13,17-18,20H2,1-6H3,(H2,35,36,37,38);6-7,21H,3-5,8H2,1-2H3,(H,18,19,20);6-7,21H,3-5,8,15H2,1-2H3,(H3,16,18,19,20);3-5H,6,10H2,1-2H3;2*7-8H,6H2,1-5H3;1-2H;9H,3-6,8H2,1-2H3;2H,1H3/t32-;2*14-;;;;;7-;/m111....1./s1. The Labute approximate surface area is 835 Å². The molecule has 0 unspecified atom stereocenters. The van der Waals surface area contributed by atoms with E-state index >= 15 is 0 Å². The highest BCUT2D eigenvalue weighted by atomic mass is 35.5. The molecule has 4 atom stereocenters. The third-order valence-electron chi connectivity index (χ3n) is 22.0. The minimum atomic E-state index is -0.572. The molecule has 772 valence electrons. The van der Waals surface area contributed by atoms with Gasteiger partial charge < -0.3 is 103 Å². The number of rotatable bonds is 41. The number of ether oxygens (including phenoxy) is 6. The van der Waals surface area contributed by atoms with Crippen molar-refractivity contribution in [2.45, 2.75) is 268 Å². The number of fused-ring (bicyclic) bond motifs is 4. The second-order valence-electron chi connectivity index (χ2n) is 35.0. The zero-order valence-electron chi connectivity index (χ0n) is 86.1. The first kappa shape index (κ1) is 123. The van der Waals surface area contributed by atoms with Gasteiger partial charge in [0.15, 0.2) is 22.6 Å². The third-order valence-corrected chi connectivity index (χ3v) is 22.6. The fourth-order valence-corrected chi connectivity index (χ4v) is 14.8. The van der Waals surface area contributed by atoms with E-state index in [4.69, 9.17) is 111 Å². The summed E-state index contributed by atoms with van der Waals surface area (Å²) in [7, 11) is 10.8. The number of benzene rings is 3. The van der Waals surface area contributed by atoms with E-state index in [0.717, 1.165) is 155 Å². The molecule has 18 N–H and O–H groups in total. The number of aromatic nitrogens is 12. The van der Waals surface area contributed by atoms with Crippen molar-refractivity contribution in [2.24, 2.45) is 11.5 Å². The number of nitrogens with one attached hydrogen (secondary N) is 5. The number of nitrogens with zero attached hydrogens (tertiary/aromatic N) is 14.